The maximum Gasteiger partial charge on any atom is 0.262 e. The Labute approximate surface area is 168 Å². The number of hydrogen-bond donors (Lipinski definition) is 1. The van der Waals surface area contributed by atoms with Crippen LogP contribution in [0.15, 0.2) is 77.2 Å². The van der Waals surface area contributed by atoms with Crippen molar-refractivity contribution in [1.29, 1.82) is 0 Å². The van der Waals surface area contributed by atoms with Crippen LogP contribution in [-0.2, 0) is 11.3 Å². The lowest BCUT2D eigenvalue weighted by molar-refractivity contribution is -0.118. The molecule has 144 valence electrons. The molecule has 28 heavy (non-hydrogen) atoms. The lowest BCUT2D eigenvalue weighted by Crippen LogP contribution is -2.29. The molecular formula is C22H23N3O2S. The number of para-hydroxylation sites is 1. The summed E-state index contributed by atoms with van der Waals surface area (Å²) in [6.45, 7) is 6.71. The standard InChI is InChI=1S/C22H23N3O2S/c1-3-13-25-21(27)18-11-7-8-12-19(18)24-22(25)28-15-20(26)23-14-16(2)17-9-5-4-6-10-17/h3-12,16H,1,13-15H2,2H3,(H,23,26)/t16-/m1/s1. The molecule has 1 N–H and O–H groups in total. The zero-order valence-electron chi connectivity index (χ0n) is 15.8. The molecule has 3 rings (SSSR count). The van der Waals surface area contributed by atoms with Gasteiger partial charge in [-0.1, -0.05) is 67.2 Å². The Morgan fingerprint density at radius 2 is 1.93 bits per heavy atom. The minimum atomic E-state index is -0.119. The lowest BCUT2D eigenvalue weighted by Gasteiger charge is -2.14. The molecule has 2 aromatic carbocycles. The molecular weight excluding hydrogens is 370 g/mol. The van der Waals surface area contributed by atoms with Crippen molar-refractivity contribution in [3.63, 3.8) is 0 Å². The van der Waals surface area contributed by atoms with Gasteiger partial charge in [-0.15, -0.1) is 6.58 Å². The molecule has 0 aliphatic rings. The molecule has 3 aromatic rings. The van der Waals surface area contributed by atoms with E-state index >= 15 is 0 Å². The Bertz CT molecular complexity index is 1030. The molecule has 6 heteroatoms. The quantitative estimate of drug-likeness (QED) is 0.361. The van der Waals surface area contributed by atoms with Crippen molar-refractivity contribution in [2.75, 3.05) is 12.3 Å². The molecule has 0 saturated carbocycles. The SMILES string of the molecule is C=CCn1c(SCC(=O)NC[C@@H](C)c2ccccc2)nc2ccccc2c1=O. The van der Waals surface area contributed by atoms with E-state index in [-0.39, 0.29) is 23.1 Å². The molecule has 0 bridgehead atoms. The van der Waals surface area contributed by atoms with E-state index in [2.05, 4.69) is 35.9 Å². The normalized spacial score (nSPS) is 11.9. The fourth-order valence-electron chi connectivity index (χ4n) is 2.90. The molecule has 1 heterocycles. The van der Waals surface area contributed by atoms with Gasteiger partial charge in [-0.2, -0.15) is 0 Å². The summed E-state index contributed by atoms with van der Waals surface area (Å²) in [5, 5.41) is 4.05. The highest BCUT2D eigenvalue weighted by molar-refractivity contribution is 7.99. The molecule has 0 unspecified atom stereocenters. The molecule has 1 amide bonds. The zero-order valence-corrected chi connectivity index (χ0v) is 16.6. The predicted molar refractivity (Wildman–Crippen MR) is 115 cm³/mol. The second kappa shape index (κ2) is 9.37. The largest absolute Gasteiger partial charge is 0.355 e. The first-order valence-electron chi connectivity index (χ1n) is 9.15. The van der Waals surface area contributed by atoms with Gasteiger partial charge >= 0.3 is 0 Å². The van der Waals surface area contributed by atoms with Gasteiger partial charge in [0.05, 0.1) is 16.7 Å². The van der Waals surface area contributed by atoms with Crippen molar-refractivity contribution in [2.24, 2.45) is 0 Å². The van der Waals surface area contributed by atoms with Gasteiger partial charge < -0.3 is 5.32 Å². The molecule has 0 aliphatic heterocycles. The Kier molecular flexibility index (Phi) is 6.66. The molecule has 1 aromatic heterocycles. The first-order chi connectivity index (χ1) is 13.6. The van der Waals surface area contributed by atoms with Crippen molar-refractivity contribution in [1.82, 2.24) is 14.9 Å². The van der Waals surface area contributed by atoms with Gasteiger partial charge in [-0.05, 0) is 23.6 Å². The van der Waals surface area contributed by atoms with Crippen LogP contribution in [0.2, 0.25) is 0 Å². The van der Waals surface area contributed by atoms with Crippen molar-refractivity contribution in [3.05, 3.63) is 83.2 Å². The van der Waals surface area contributed by atoms with Crippen LogP contribution in [0, 0.1) is 0 Å². The summed E-state index contributed by atoms with van der Waals surface area (Å²) in [7, 11) is 0. The first kappa shape index (κ1) is 19.9. The van der Waals surface area contributed by atoms with Gasteiger partial charge in [0.1, 0.15) is 0 Å². The number of aromatic nitrogens is 2. The number of nitrogens with zero attached hydrogens (tertiary/aromatic N) is 2. The summed E-state index contributed by atoms with van der Waals surface area (Å²) < 4.78 is 1.56. The van der Waals surface area contributed by atoms with Gasteiger partial charge in [0.25, 0.3) is 5.56 Å². The van der Waals surface area contributed by atoms with Crippen LogP contribution in [-0.4, -0.2) is 27.8 Å². The number of hydrogen-bond acceptors (Lipinski definition) is 4. The first-order valence-corrected chi connectivity index (χ1v) is 10.1. The summed E-state index contributed by atoms with van der Waals surface area (Å²) in [4.78, 5) is 29.6. The molecule has 0 radical (unpaired) electrons. The summed E-state index contributed by atoms with van der Waals surface area (Å²) in [6, 6.07) is 17.3. The van der Waals surface area contributed by atoms with Crippen molar-refractivity contribution >= 4 is 28.6 Å². The third-order valence-electron chi connectivity index (χ3n) is 4.44. The summed E-state index contributed by atoms with van der Waals surface area (Å²) in [5.41, 5.74) is 1.70. The van der Waals surface area contributed by atoms with Crippen LogP contribution in [0.4, 0.5) is 0 Å². The highest BCUT2D eigenvalue weighted by atomic mass is 32.2. The Morgan fingerprint density at radius 1 is 1.21 bits per heavy atom. The third kappa shape index (κ3) is 4.70. The van der Waals surface area contributed by atoms with Crippen LogP contribution in [0.5, 0.6) is 0 Å². The number of thioether (sulfide) groups is 1. The van der Waals surface area contributed by atoms with Gasteiger partial charge in [-0.25, -0.2) is 4.98 Å². The summed E-state index contributed by atoms with van der Waals surface area (Å²) in [5.74, 6) is 0.344. The maximum atomic E-state index is 12.7. The average molecular weight is 394 g/mol. The molecule has 5 nitrogen and oxygen atoms in total. The fraction of sp³-hybridized carbons (Fsp3) is 0.227. The van der Waals surface area contributed by atoms with E-state index in [1.807, 2.05) is 30.3 Å². The predicted octanol–water partition coefficient (Wildman–Crippen LogP) is 3.59. The number of carbonyl (C=O) groups is 1. The monoisotopic (exact) mass is 393 g/mol. The number of amides is 1. The zero-order chi connectivity index (χ0) is 19.9. The van der Waals surface area contributed by atoms with Crippen molar-refractivity contribution in [3.8, 4) is 0 Å². The molecule has 1 atom stereocenters. The van der Waals surface area contributed by atoms with Gasteiger partial charge in [-0.3, -0.25) is 14.2 Å². The second-order valence-electron chi connectivity index (χ2n) is 6.52. The average Bonchev–Trinajstić information content (AvgIpc) is 2.73. The number of carbonyl (C=O) groups excluding carboxylic acids is 1. The van der Waals surface area contributed by atoms with E-state index in [1.165, 1.54) is 17.3 Å². The van der Waals surface area contributed by atoms with E-state index in [1.54, 1.807) is 22.8 Å². The topological polar surface area (TPSA) is 64.0 Å². The summed E-state index contributed by atoms with van der Waals surface area (Å²) in [6.07, 6.45) is 1.66. The number of benzene rings is 2. The Morgan fingerprint density at radius 3 is 2.68 bits per heavy atom. The van der Waals surface area contributed by atoms with Crippen molar-refractivity contribution < 1.29 is 4.79 Å². The Hall–Kier alpha value is -2.86. The smallest absolute Gasteiger partial charge is 0.262 e. The molecule has 0 saturated heterocycles. The van der Waals surface area contributed by atoms with Crippen LogP contribution in [0.3, 0.4) is 0 Å². The van der Waals surface area contributed by atoms with E-state index < -0.39 is 0 Å². The second-order valence-corrected chi connectivity index (χ2v) is 7.46. The number of allylic oxidation sites excluding steroid dienone is 1. The maximum absolute atomic E-state index is 12.7. The minimum absolute atomic E-state index is 0.0830. The van der Waals surface area contributed by atoms with Crippen LogP contribution < -0.4 is 10.9 Å². The Balaban J connectivity index is 1.67. The van der Waals surface area contributed by atoms with E-state index in [0.29, 0.717) is 29.1 Å². The van der Waals surface area contributed by atoms with Crippen LogP contribution in [0.25, 0.3) is 10.9 Å². The lowest BCUT2D eigenvalue weighted by atomic mass is 10.0. The van der Waals surface area contributed by atoms with Gasteiger partial charge in [0, 0.05) is 13.1 Å². The van der Waals surface area contributed by atoms with E-state index in [4.69, 9.17) is 0 Å². The van der Waals surface area contributed by atoms with Gasteiger partial charge in [0.2, 0.25) is 5.91 Å². The van der Waals surface area contributed by atoms with E-state index in [9.17, 15) is 9.59 Å². The van der Waals surface area contributed by atoms with E-state index in [0.717, 1.165) is 0 Å². The minimum Gasteiger partial charge on any atom is -0.355 e. The molecule has 0 fully saturated rings. The van der Waals surface area contributed by atoms with Crippen molar-refractivity contribution in [2.45, 2.75) is 24.5 Å². The molecule has 0 aliphatic carbocycles. The fourth-order valence-corrected chi connectivity index (χ4v) is 3.73. The molecule has 0 spiro atoms. The number of rotatable bonds is 8. The highest BCUT2D eigenvalue weighted by Crippen LogP contribution is 2.18. The number of fused-ring (bicyclic) bond motifs is 1. The van der Waals surface area contributed by atoms with Crippen LogP contribution >= 0.6 is 11.8 Å². The number of nitrogens with one attached hydrogen (secondary N) is 1. The van der Waals surface area contributed by atoms with Gasteiger partial charge in [0.15, 0.2) is 5.16 Å². The highest BCUT2D eigenvalue weighted by Gasteiger charge is 2.13. The summed E-state index contributed by atoms with van der Waals surface area (Å²) >= 11 is 1.26. The van der Waals surface area contributed by atoms with Crippen LogP contribution in [0.1, 0.15) is 18.4 Å². The third-order valence-corrected chi connectivity index (χ3v) is 5.42.